The number of hydrogen-bond donors (Lipinski definition) is 1. The van der Waals surface area contributed by atoms with Gasteiger partial charge in [-0.05, 0) is 40.2 Å². The summed E-state index contributed by atoms with van der Waals surface area (Å²) in [4.78, 5) is 12.1. The van der Waals surface area contributed by atoms with E-state index in [2.05, 4.69) is 0 Å². The lowest BCUT2D eigenvalue weighted by molar-refractivity contribution is -0.170. The number of carbonyl (C=O) groups excluding carboxylic acids is 1. The Morgan fingerprint density at radius 1 is 1.35 bits per heavy atom. The molecule has 112 valence electrons. The molecule has 0 saturated carbocycles. The molecule has 0 saturated heterocycles. The first-order chi connectivity index (χ1) is 9.12. The third-order valence-corrected chi connectivity index (χ3v) is 3.36. The van der Waals surface area contributed by atoms with Gasteiger partial charge in [0.1, 0.15) is 17.0 Å². The van der Waals surface area contributed by atoms with Crippen LogP contribution in [0.5, 0.6) is 0 Å². The Bertz CT molecular complexity index is 479. The van der Waals surface area contributed by atoms with E-state index in [1.165, 1.54) is 12.1 Å². The lowest BCUT2D eigenvalue weighted by atomic mass is 9.80. The Morgan fingerprint density at radius 2 is 1.90 bits per heavy atom. The van der Waals surface area contributed by atoms with Crippen LogP contribution in [0, 0.1) is 11.7 Å². The highest BCUT2D eigenvalue weighted by molar-refractivity contribution is 5.74. The van der Waals surface area contributed by atoms with Crippen molar-refractivity contribution in [3.63, 3.8) is 0 Å². The van der Waals surface area contributed by atoms with E-state index in [4.69, 9.17) is 4.74 Å². The maximum absolute atomic E-state index is 13.9. The third kappa shape index (κ3) is 3.57. The maximum atomic E-state index is 13.9. The van der Waals surface area contributed by atoms with E-state index >= 15 is 0 Å². The van der Waals surface area contributed by atoms with Crippen molar-refractivity contribution >= 4 is 5.97 Å². The fourth-order valence-corrected chi connectivity index (χ4v) is 2.13. The molecule has 2 unspecified atom stereocenters. The van der Waals surface area contributed by atoms with Crippen LogP contribution in [0.3, 0.4) is 0 Å². The fraction of sp³-hybridized carbons (Fsp3) is 0.562. The molecule has 0 radical (unpaired) electrons. The Labute approximate surface area is 119 Å². The lowest BCUT2D eigenvalue weighted by Gasteiger charge is -2.34. The summed E-state index contributed by atoms with van der Waals surface area (Å²) in [5, 5.41) is 10.8. The first-order valence-corrected chi connectivity index (χ1v) is 6.82. The number of rotatable bonds is 4. The molecule has 1 aromatic carbocycles. The summed E-state index contributed by atoms with van der Waals surface area (Å²) in [7, 11) is 0. The summed E-state index contributed by atoms with van der Waals surface area (Å²) >= 11 is 0. The highest BCUT2D eigenvalue weighted by atomic mass is 19.1. The van der Waals surface area contributed by atoms with Gasteiger partial charge >= 0.3 is 5.97 Å². The molecule has 0 spiro atoms. The van der Waals surface area contributed by atoms with Crippen LogP contribution >= 0.6 is 0 Å². The monoisotopic (exact) mass is 282 g/mol. The first kappa shape index (κ1) is 16.6. The van der Waals surface area contributed by atoms with Crippen molar-refractivity contribution in [3.05, 3.63) is 35.6 Å². The van der Waals surface area contributed by atoms with Crippen LogP contribution in [0.2, 0.25) is 0 Å². The normalized spacial score (nSPS) is 16.4. The minimum absolute atomic E-state index is 0.126. The third-order valence-electron chi connectivity index (χ3n) is 3.36. The molecule has 1 N–H and O–H groups in total. The Kier molecular flexibility index (Phi) is 4.92. The van der Waals surface area contributed by atoms with Gasteiger partial charge in [-0.15, -0.1) is 0 Å². The smallest absolute Gasteiger partial charge is 0.312 e. The minimum atomic E-state index is -1.58. The molecule has 4 heteroatoms. The molecule has 3 nitrogen and oxygen atoms in total. The molecule has 0 aliphatic carbocycles. The van der Waals surface area contributed by atoms with E-state index in [0.717, 1.165) is 0 Å². The summed E-state index contributed by atoms with van der Waals surface area (Å²) in [6, 6.07) is 5.96. The van der Waals surface area contributed by atoms with Gasteiger partial charge < -0.3 is 9.84 Å². The molecule has 0 aromatic heterocycles. The molecule has 0 bridgehead atoms. The van der Waals surface area contributed by atoms with E-state index < -0.39 is 28.9 Å². The predicted octanol–water partition coefficient (Wildman–Crippen LogP) is 3.40. The van der Waals surface area contributed by atoms with Crippen LogP contribution in [0.4, 0.5) is 4.39 Å². The summed E-state index contributed by atoms with van der Waals surface area (Å²) < 4.78 is 19.2. The van der Waals surface area contributed by atoms with Crippen LogP contribution in [0.25, 0.3) is 0 Å². The highest BCUT2D eigenvalue weighted by Gasteiger charge is 2.42. The molecule has 0 aliphatic heterocycles. The average Bonchev–Trinajstić information content (AvgIpc) is 2.35. The molecule has 0 amide bonds. The Balaban J connectivity index is 3.11. The standard InChI is InChI=1S/C16H23FO3/c1-6-16(19,12-9-7-8-10-13(12)17)11(2)14(18)20-15(3,4)5/h7-11,19H,6H2,1-5H3. The minimum Gasteiger partial charge on any atom is -0.460 e. The zero-order valence-corrected chi connectivity index (χ0v) is 12.7. The number of benzene rings is 1. The number of carbonyl (C=O) groups is 1. The van der Waals surface area contributed by atoms with Gasteiger partial charge in [-0.25, -0.2) is 4.39 Å². The summed E-state index contributed by atoms with van der Waals surface area (Å²) in [6.07, 6.45) is 0.217. The fourth-order valence-electron chi connectivity index (χ4n) is 2.13. The summed E-state index contributed by atoms with van der Waals surface area (Å²) in [5.74, 6) is -1.92. The van der Waals surface area contributed by atoms with Crippen LogP contribution < -0.4 is 0 Å². The van der Waals surface area contributed by atoms with Gasteiger partial charge in [0, 0.05) is 5.56 Å². The van der Waals surface area contributed by atoms with Crippen molar-refractivity contribution in [1.82, 2.24) is 0 Å². The average molecular weight is 282 g/mol. The molecule has 20 heavy (non-hydrogen) atoms. The van der Waals surface area contributed by atoms with Gasteiger partial charge in [0.15, 0.2) is 0 Å². The first-order valence-electron chi connectivity index (χ1n) is 6.82. The SMILES string of the molecule is CCC(O)(c1ccccc1F)C(C)C(=O)OC(C)(C)C. The lowest BCUT2D eigenvalue weighted by Crippen LogP contribution is -2.41. The molecular weight excluding hydrogens is 259 g/mol. The molecule has 0 fully saturated rings. The predicted molar refractivity (Wildman–Crippen MR) is 75.6 cm³/mol. The van der Waals surface area contributed by atoms with Gasteiger partial charge in [-0.2, -0.15) is 0 Å². The van der Waals surface area contributed by atoms with E-state index in [0.29, 0.717) is 0 Å². The van der Waals surface area contributed by atoms with Gasteiger partial charge in [0.25, 0.3) is 0 Å². The van der Waals surface area contributed by atoms with Gasteiger partial charge in [-0.3, -0.25) is 4.79 Å². The van der Waals surface area contributed by atoms with Crippen molar-refractivity contribution in [2.45, 2.75) is 52.2 Å². The number of aliphatic hydroxyl groups is 1. The summed E-state index contributed by atoms with van der Waals surface area (Å²) in [6.45, 7) is 8.54. The van der Waals surface area contributed by atoms with Crippen molar-refractivity contribution in [1.29, 1.82) is 0 Å². The van der Waals surface area contributed by atoms with E-state index in [-0.39, 0.29) is 12.0 Å². The molecule has 0 heterocycles. The zero-order valence-electron chi connectivity index (χ0n) is 12.7. The van der Waals surface area contributed by atoms with Gasteiger partial charge in [-0.1, -0.05) is 25.1 Å². The maximum Gasteiger partial charge on any atom is 0.312 e. The van der Waals surface area contributed by atoms with Gasteiger partial charge in [0.05, 0.1) is 5.92 Å². The Hall–Kier alpha value is -1.42. The van der Waals surface area contributed by atoms with Crippen LogP contribution in [0.15, 0.2) is 24.3 Å². The number of halogens is 1. The second-order valence-corrected chi connectivity index (χ2v) is 6.01. The molecule has 1 aromatic rings. The van der Waals surface area contributed by atoms with Crippen molar-refractivity contribution in [2.75, 3.05) is 0 Å². The Morgan fingerprint density at radius 3 is 2.35 bits per heavy atom. The second-order valence-electron chi connectivity index (χ2n) is 6.01. The van der Waals surface area contributed by atoms with E-state index in [9.17, 15) is 14.3 Å². The molecule has 1 rings (SSSR count). The van der Waals surface area contributed by atoms with Crippen molar-refractivity contribution in [3.8, 4) is 0 Å². The van der Waals surface area contributed by atoms with Crippen LogP contribution in [-0.4, -0.2) is 16.7 Å². The molecule has 0 aliphatic rings. The van der Waals surface area contributed by atoms with Crippen LogP contribution in [0.1, 0.15) is 46.6 Å². The second kappa shape index (κ2) is 5.92. The quantitative estimate of drug-likeness (QED) is 0.861. The number of esters is 1. The summed E-state index contributed by atoms with van der Waals surface area (Å²) in [5.41, 5.74) is -2.09. The molecule has 2 atom stereocenters. The zero-order chi connectivity index (χ0) is 15.6. The van der Waals surface area contributed by atoms with Crippen molar-refractivity contribution < 1.29 is 19.0 Å². The van der Waals surface area contributed by atoms with Crippen molar-refractivity contribution in [2.24, 2.45) is 5.92 Å². The van der Waals surface area contributed by atoms with Gasteiger partial charge in [0.2, 0.25) is 0 Å². The highest BCUT2D eigenvalue weighted by Crippen LogP contribution is 2.35. The molecular formula is C16H23FO3. The van der Waals surface area contributed by atoms with E-state index in [1.807, 2.05) is 0 Å². The number of hydrogen-bond acceptors (Lipinski definition) is 3. The topological polar surface area (TPSA) is 46.5 Å². The van der Waals surface area contributed by atoms with Crippen LogP contribution in [-0.2, 0) is 15.1 Å². The largest absolute Gasteiger partial charge is 0.460 e. The van der Waals surface area contributed by atoms with E-state index in [1.54, 1.807) is 46.8 Å². The number of ether oxygens (including phenoxy) is 1.